The molecule has 4 nitrogen and oxygen atoms in total. The van der Waals surface area contributed by atoms with Gasteiger partial charge in [0.1, 0.15) is 5.82 Å². The van der Waals surface area contributed by atoms with Crippen LogP contribution in [-0.4, -0.2) is 17.1 Å². The minimum atomic E-state index is -4.34. The van der Waals surface area contributed by atoms with Gasteiger partial charge in [-0.2, -0.15) is 13.2 Å². The maximum Gasteiger partial charge on any atom is 0.392 e. The molecule has 21 heavy (non-hydrogen) atoms. The molecule has 2 atom stereocenters. The summed E-state index contributed by atoms with van der Waals surface area (Å²) in [6, 6.07) is 1.62. The Morgan fingerprint density at radius 3 is 2.67 bits per heavy atom. The van der Waals surface area contributed by atoms with Crippen LogP contribution in [0.4, 0.5) is 24.7 Å². The van der Waals surface area contributed by atoms with Gasteiger partial charge in [-0.25, -0.2) is 4.98 Å². The van der Waals surface area contributed by atoms with E-state index in [2.05, 4.69) is 10.3 Å². The Bertz CT molecular complexity index is 531. The number of hydrogen-bond donors (Lipinski definition) is 2. The van der Waals surface area contributed by atoms with Gasteiger partial charge in [0.05, 0.1) is 17.8 Å². The molecule has 1 saturated carbocycles. The normalized spacial score (nSPS) is 22.9. The number of amides is 1. The van der Waals surface area contributed by atoms with E-state index in [1.807, 2.05) is 0 Å². The lowest BCUT2D eigenvalue weighted by molar-refractivity contribution is -0.197. The highest BCUT2D eigenvalue weighted by atomic mass is 19.4. The first-order chi connectivity index (χ1) is 9.79. The zero-order chi connectivity index (χ0) is 15.6. The van der Waals surface area contributed by atoms with E-state index in [4.69, 9.17) is 5.73 Å². The Morgan fingerprint density at radius 1 is 1.38 bits per heavy atom. The van der Waals surface area contributed by atoms with E-state index in [0.717, 1.165) is 0 Å². The maximum atomic E-state index is 13.0. The second kappa shape index (κ2) is 5.91. The lowest BCUT2D eigenvalue weighted by Gasteiger charge is -2.31. The topological polar surface area (TPSA) is 68.0 Å². The summed E-state index contributed by atoms with van der Waals surface area (Å²) in [6.07, 6.45) is -1.57. The predicted octanol–water partition coefficient (Wildman–Crippen LogP) is 3.28. The molecule has 0 bridgehead atoms. The van der Waals surface area contributed by atoms with Crippen LogP contribution >= 0.6 is 0 Å². The molecule has 1 amide bonds. The fraction of sp³-hybridized carbons (Fsp3) is 0.571. The number of nitrogens with two attached hydrogens (primary N) is 1. The number of halogens is 3. The minimum Gasteiger partial charge on any atom is -0.397 e. The number of carbonyl (C=O) groups excluding carboxylic acids is 1. The summed E-state index contributed by atoms with van der Waals surface area (Å²) in [5.74, 6) is -2.96. The van der Waals surface area contributed by atoms with Crippen LogP contribution in [0.2, 0.25) is 0 Å². The van der Waals surface area contributed by atoms with Crippen LogP contribution in [0.1, 0.15) is 31.2 Å². The second-order valence-corrected chi connectivity index (χ2v) is 5.46. The fourth-order valence-corrected chi connectivity index (χ4v) is 2.77. The van der Waals surface area contributed by atoms with Crippen LogP contribution < -0.4 is 11.1 Å². The molecule has 1 aromatic heterocycles. The molecule has 0 saturated heterocycles. The summed E-state index contributed by atoms with van der Waals surface area (Å²) in [6.45, 7) is 1.70. The van der Waals surface area contributed by atoms with Crippen LogP contribution in [0.3, 0.4) is 0 Å². The van der Waals surface area contributed by atoms with Crippen molar-refractivity contribution in [3.63, 3.8) is 0 Å². The molecule has 1 aromatic rings. The van der Waals surface area contributed by atoms with Gasteiger partial charge in [0.25, 0.3) is 0 Å². The summed E-state index contributed by atoms with van der Waals surface area (Å²) in [5.41, 5.74) is 6.62. The van der Waals surface area contributed by atoms with E-state index >= 15 is 0 Å². The van der Waals surface area contributed by atoms with Gasteiger partial charge in [0.15, 0.2) is 0 Å². The first-order valence-corrected chi connectivity index (χ1v) is 6.88. The maximum absolute atomic E-state index is 13.0. The number of pyridine rings is 1. The van der Waals surface area contributed by atoms with E-state index in [1.54, 1.807) is 13.0 Å². The number of nitrogens with zero attached hydrogens (tertiary/aromatic N) is 1. The first-order valence-electron chi connectivity index (χ1n) is 6.88. The summed E-state index contributed by atoms with van der Waals surface area (Å²) in [5, 5.41) is 2.50. The van der Waals surface area contributed by atoms with E-state index < -0.39 is 23.9 Å². The number of alkyl halides is 3. The molecule has 116 valence electrons. The van der Waals surface area contributed by atoms with E-state index in [0.29, 0.717) is 24.1 Å². The molecule has 3 N–H and O–H groups in total. The van der Waals surface area contributed by atoms with Crippen LogP contribution in [0.5, 0.6) is 0 Å². The van der Waals surface area contributed by atoms with Crippen molar-refractivity contribution in [2.75, 3.05) is 11.1 Å². The third-order valence-corrected chi connectivity index (χ3v) is 3.86. The Kier molecular flexibility index (Phi) is 4.39. The SMILES string of the molecule is Cc1cc(N)cnc1NC(=O)C1CCCCC1C(F)(F)F. The monoisotopic (exact) mass is 301 g/mol. The van der Waals surface area contributed by atoms with Crippen LogP contribution in [-0.2, 0) is 4.79 Å². The number of nitrogen functional groups attached to an aromatic ring is 1. The van der Waals surface area contributed by atoms with Gasteiger partial charge < -0.3 is 11.1 Å². The van der Waals surface area contributed by atoms with E-state index in [-0.39, 0.29) is 18.7 Å². The summed E-state index contributed by atoms with van der Waals surface area (Å²) >= 11 is 0. The highest BCUT2D eigenvalue weighted by Crippen LogP contribution is 2.41. The minimum absolute atomic E-state index is 0.00966. The molecule has 7 heteroatoms. The van der Waals surface area contributed by atoms with E-state index in [9.17, 15) is 18.0 Å². The van der Waals surface area contributed by atoms with Crippen molar-refractivity contribution in [3.8, 4) is 0 Å². The zero-order valence-corrected chi connectivity index (χ0v) is 11.7. The van der Waals surface area contributed by atoms with Crippen LogP contribution in [0, 0.1) is 18.8 Å². The fourth-order valence-electron chi connectivity index (χ4n) is 2.77. The van der Waals surface area contributed by atoms with Gasteiger partial charge >= 0.3 is 6.18 Å². The molecular formula is C14H18F3N3O. The van der Waals surface area contributed by atoms with Crippen molar-refractivity contribution in [3.05, 3.63) is 17.8 Å². The van der Waals surface area contributed by atoms with Crippen molar-refractivity contribution < 1.29 is 18.0 Å². The molecule has 0 aromatic carbocycles. The van der Waals surface area contributed by atoms with Crippen molar-refractivity contribution in [2.24, 2.45) is 11.8 Å². The summed E-state index contributed by atoms with van der Waals surface area (Å²) < 4.78 is 39.0. The Labute approximate surface area is 120 Å². The Morgan fingerprint density at radius 2 is 2.05 bits per heavy atom. The third-order valence-electron chi connectivity index (χ3n) is 3.86. The van der Waals surface area contributed by atoms with Crippen molar-refractivity contribution >= 4 is 17.4 Å². The number of aromatic nitrogens is 1. The third kappa shape index (κ3) is 3.65. The lowest BCUT2D eigenvalue weighted by Crippen LogP contribution is -2.39. The van der Waals surface area contributed by atoms with Gasteiger partial charge in [0, 0.05) is 5.92 Å². The second-order valence-electron chi connectivity index (χ2n) is 5.46. The molecular weight excluding hydrogens is 283 g/mol. The molecule has 1 aliphatic carbocycles. The van der Waals surface area contributed by atoms with Crippen molar-refractivity contribution in [1.29, 1.82) is 0 Å². The Hall–Kier alpha value is -1.79. The molecule has 0 radical (unpaired) electrons. The molecule has 1 fully saturated rings. The quantitative estimate of drug-likeness (QED) is 0.881. The zero-order valence-electron chi connectivity index (χ0n) is 11.7. The number of rotatable bonds is 2. The number of carbonyl (C=O) groups is 1. The molecule has 1 heterocycles. The number of nitrogens with one attached hydrogen (secondary N) is 1. The summed E-state index contributed by atoms with van der Waals surface area (Å²) in [7, 11) is 0. The number of aryl methyl sites for hydroxylation is 1. The van der Waals surface area contributed by atoms with Gasteiger partial charge in [0.2, 0.25) is 5.91 Å². The highest BCUT2D eigenvalue weighted by molar-refractivity contribution is 5.92. The smallest absolute Gasteiger partial charge is 0.392 e. The number of hydrogen-bond acceptors (Lipinski definition) is 3. The molecule has 1 aliphatic rings. The van der Waals surface area contributed by atoms with E-state index in [1.165, 1.54) is 6.20 Å². The van der Waals surface area contributed by atoms with Gasteiger partial charge in [-0.3, -0.25) is 4.79 Å². The molecule has 0 spiro atoms. The molecule has 0 aliphatic heterocycles. The molecule has 2 unspecified atom stereocenters. The number of anilines is 2. The largest absolute Gasteiger partial charge is 0.397 e. The van der Waals surface area contributed by atoms with Gasteiger partial charge in [-0.05, 0) is 31.4 Å². The van der Waals surface area contributed by atoms with Crippen LogP contribution in [0.15, 0.2) is 12.3 Å². The summed E-state index contributed by atoms with van der Waals surface area (Å²) in [4.78, 5) is 16.1. The first kappa shape index (κ1) is 15.6. The molecule has 2 rings (SSSR count). The average Bonchev–Trinajstić information content (AvgIpc) is 2.41. The Balaban J connectivity index is 2.14. The van der Waals surface area contributed by atoms with Crippen LogP contribution in [0.25, 0.3) is 0 Å². The van der Waals surface area contributed by atoms with Gasteiger partial charge in [-0.1, -0.05) is 12.8 Å². The van der Waals surface area contributed by atoms with Gasteiger partial charge in [-0.15, -0.1) is 0 Å². The average molecular weight is 301 g/mol. The standard InChI is InChI=1S/C14H18F3N3O/c1-8-6-9(18)7-19-12(8)20-13(21)10-4-2-3-5-11(10)14(15,16)17/h6-7,10-11H,2-5,18H2,1H3,(H,19,20,21). The predicted molar refractivity (Wildman–Crippen MR) is 73.5 cm³/mol. The van der Waals surface area contributed by atoms with Crippen molar-refractivity contribution in [1.82, 2.24) is 4.98 Å². The highest BCUT2D eigenvalue weighted by Gasteiger charge is 2.48. The lowest BCUT2D eigenvalue weighted by atomic mass is 9.78. The van der Waals surface area contributed by atoms with Crippen molar-refractivity contribution in [2.45, 2.75) is 38.8 Å².